The number of anilines is 1. The number of benzene rings is 1. The van der Waals surface area contributed by atoms with Crippen LogP contribution in [0.25, 0.3) is 22.2 Å². The van der Waals surface area contributed by atoms with Crippen LogP contribution in [0.15, 0.2) is 30.5 Å². The van der Waals surface area contributed by atoms with Crippen molar-refractivity contribution in [3.05, 3.63) is 30.5 Å². The standard InChI is InChI=1S/C12H12N4O/c1-17-10-3-2-8-7(4-5-14-8)12(10)9-6-11(13)16-15-9/h2-6,14H,1H3,(H3,13,15,16). The van der Waals surface area contributed by atoms with Crippen LogP contribution >= 0.6 is 0 Å². The zero-order valence-electron chi connectivity index (χ0n) is 9.32. The van der Waals surface area contributed by atoms with Crippen molar-refractivity contribution in [2.75, 3.05) is 12.8 Å². The van der Waals surface area contributed by atoms with Gasteiger partial charge < -0.3 is 15.5 Å². The molecule has 0 bridgehead atoms. The Morgan fingerprint density at radius 3 is 2.88 bits per heavy atom. The van der Waals surface area contributed by atoms with E-state index in [1.165, 1.54) is 0 Å². The lowest BCUT2D eigenvalue weighted by Crippen LogP contribution is -1.89. The highest BCUT2D eigenvalue weighted by Crippen LogP contribution is 2.36. The van der Waals surface area contributed by atoms with Gasteiger partial charge >= 0.3 is 0 Å². The Kier molecular flexibility index (Phi) is 2.04. The van der Waals surface area contributed by atoms with Crippen molar-refractivity contribution in [2.24, 2.45) is 0 Å². The summed E-state index contributed by atoms with van der Waals surface area (Å²) in [4.78, 5) is 3.17. The summed E-state index contributed by atoms with van der Waals surface area (Å²) in [5, 5.41) is 7.93. The molecular weight excluding hydrogens is 216 g/mol. The highest BCUT2D eigenvalue weighted by atomic mass is 16.5. The summed E-state index contributed by atoms with van der Waals surface area (Å²) < 4.78 is 5.38. The first kappa shape index (κ1) is 9.77. The number of nitrogens with one attached hydrogen (secondary N) is 2. The number of fused-ring (bicyclic) bond motifs is 1. The van der Waals surface area contributed by atoms with Crippen molar-refractivity contribution in [2.45, 2.75) is 0 Å². The maximum Gasteiger partial charge on any atom is 0.145 e. The fourth-order valence-electron chi connectivity index (χ4n) is 2.03. The maximum atomic E-state index is 5.64. The molecule has 1 aromatic carbocycles. The monoisotopic (exact) mass is 228 g/mol. The Morgan fingerprint density at radius 1 is 1.29 bits per heavy atom. The summed E-state index contributed by atoms with van der Waals surface area (Å²) in [5.74, 6) is 1.26. The first-order valence-corrected chi connectivity index (χ1v) is 5.25. The van der Waals surface area contributed by atoms with Gasteiger partial charge in [0.25, 0.3) is 0 Å². The van der Waals surface area contributed by atoms with Gasteiger partial charge in [0.2, 0.25) is 0 Å². The van der Waals surface area contributed by atoms with Crippen molar-refractivity contribution in [1.29, 1.82) is 0 Å². The lowest BCUT2D eigenvalue weighted by Gasteiger charge is -2.07. The second-order valence-corrected chi connectivity index (χ2v) is 3.79. The molecule has 5 heteroatoms. The summed E-state index contributed by atoms with van der Waals surface area (Å²) in [6.45, 7) is 0. The Hall–Kier alpha value is -2.43. The van der Waals surface area contributed by atoms with Crippen LogP contribution in [0.3, 0.4) is 0 Å². The van der Waals surface area contributed by atoms with E-state index >= 15 is 0 Å². The van der Waals surface area contributed by atoms with E-state index in [4.69, 9.17) is 10.5 Å². The van der Waals surface area contributed by atoms with Crippen LogP contribution in [0, 0.1) is 0 Å². The molecule has 4 N–H and O–H groups in total. The van der Waals surface area contributed by atoms with E-state index in [2.05, 4.69) is 15.2 Å². The predicted molar refractivity (Wildman–Crippen MR) is 66.8 cm³/mol. The average molecular weight is 228 g/mol. The Balaban J connectivity index is 2.35. The molecule has 0 amide bonds. The number of nitrogens with zero attached hydrogens (tertiary/aromatic N) is 1. The van der Waals surface area contributed by atoms with Gasteiger partial charge in [-0.2, -0.15) is 5.10 Å². The average Bonchev–Trinajstić information content (AvgIpc) is 2.95. The highest BCUT2D eigenvalue weighted by molar-refractivity contribution is 5.97. The van der Waals surface area contributed by atoms with E-state index in [9.17, 15) is 0 Å². The largest absolute Gasteiger partial charge is 0.496 e. The summed E-state index contributed by atoms with van der Waals surface area (Å²) in [6.07, 6.45) is 1.90. The number of rotatable bonds is 2. The second kappa shape index (κ2) is 3.55. The number of hydrogen-bond donors (Lipinski definition) is 3. The first-order chi connectivity index (χ1) is 8.29. The van der Waals surface area contributed by atoms with Gasteiger partial charge in [0.05, 0.1) is 18.4 Å². The number of ether oxygens (including phenoxy) is 1. The minimum Gasteiger partial charge on any atom is -0.496 e. The zero-order chi connectivity index (χ0) is 11.8. The van der Waals surface area contributed by atoms with Gasteiger partial charge in [-0.05, 0) is 18.2 Å². The van der Waals surface area contributed by atoms with E-state index in [0.29, 0.717) is 5.82 Å². The molecule has 0 saturated carbocycles. The molecule has 0 unspecified atom stereocenters. The van der Waals surface area contributed by atoms with Crippen molar-refractivity contribution in [1.82, 2.24) is 15.2 Å². The third kappa shape index (κ3) is 1.44. The Bertz CT molecular complexity index is 668. The van der Waals surface area contributed by atoms with Gasteiger partial charge in [-0.15, -0.1) is 0 Å². The van der Waals surface area contributed by atoms with Gasteiger partial charge in [0, 0.05) is 23.2 Å². The molecule has 2 aromatic heterocycles. The fraction of sp³-hybridized carbons (Fsp3) is 0.0833. The molecule has 5 nitrogen and oxygen atoms in total. The summed E-state index contributed by atoms with van der Waals surface area (Å²) in [7, 11) is 1.65. The normalized spacial score (nSPS) is 10.9. The van der Waals surface area contributed by atoms with E-state index in [-0.39, 0.29) is 0 Å². The van der Waals surface area contributed by atoms with Gasteiger partial charge in [-0.3, -0.25) is 5.10 Å². The van der Waals surface area contributed by atoms with Crippen LogP contribution in [0.4, 0.5) is 5.82 Å². The Morgan fingerprint density at radius 2 is 2.18 bits per heavy atom. The van der Waals surface area contributed by atoms with Crippen molar-refractivity contribution < 1.29 is 4.74 Å². The minimum absolute atomic E-state index is 0.467. The lowest BCUT2D eigenvalue weighted by atomic mass is 10.1. The van der Waals surface area contributed by atoms with Crippen LogP contribution in [-0.4, -0.2) is 22.3 Å². The number of hydrogen-bond acceptors (Lipinski definition) is 3. The van der Waals surface area contributed by atoms with Gasteiger partial charge in [-0.1, -0.05) is 0 Å². The smallest absolute Gasteiger partial charge is 0.145 e. The van der Waals surface area contributed by atoms with Crippen molar-refractivity contribution in [3.8, 4) is 17.0 Å². The molecule has 2 heterocycles. The van der Waals surface area contributed by atoms with Crippen LogP contribution in [0.2, 0.25) is 0 Å². The molecule has 0 radical (unpaired) electrons. The van der Waals surface area contributed by atoms with Crippen molar-refractivity contribution in [3.63, 3.8) is 0 Å². The predicted octanol–water partition coefficient (Wildman–Crippen LogP) is 2.15. The molecule has 0 fully saturated rings. The minimum atomic E-state index is 0.467. The number of H-pyrrole nitrogens is 2. The van der Waals surface area contributed by atoms with Crippen LogP contribution in [0.1, 0.15) is 0 Å². The molecule has 0 atom stereocenters. The summed E-state index contributed by atoms with van der Waals surface area (Å²) >= 11 is 0. The number of aromatic amines is 2. The lowest BCUT2D eigenvalue weighted by molar-refractivity contribution is 0.417. The molecule has 0 saturated heterocycles. The van der Waals surface area contributed by atoms with Gasteiger partial charge in [0.15, 0.2) is 0 Å². The van der Waals surface area contributed by atoms with Gasteiger partial charge in [-0.25, -0.2) is 0 Å². The fourth-order valence-corrected chi connectivity index (χ4v) is 2.03. The molecule has 0 aliphatic carbocycles. The van der Waals surface area contributed by atoms with E-state index < -0.39 is 0 Å². The zero-order valence-corrected chi connectivity index (χ0v) is 9.32. The SMILES string of the molecule is COc1ccc2[nH]ccc2c1-c1cc(N)n[nH]1. The van der Waals surface area contributed by atoms with Crippen LogP contribution < -0.4 is 10.5 Å². The molecule has 3 aromatic rings. The molecule has 86 valence electrons. The van der Waals surface area contributed by atoms with E-state index in [1.54, 1.807) is 13.2 Å². The first-order valence-electron chi connectivity index (χ1n) is 5.25. The summed E-state index contributed by atoms with van der Waals surface area (Å²) in [6, 6.07) is 7.71. The van der Waals surface area contributed by atoms with Crippen LogP contribution in [-0.2, 0) is 0 Å². The van der Waals surface area contributed by atoms with E-state index in [0.717, 1.165) is 27.9 Å². The number of nitrogen functional groups attached to an aromatic ring is 1. The van der Waals surface area contributed by atoms with Gasteiger partial charge in [0.1, 0.15) is 11.6 Å². The molecular formula is C12H12N4O. The number of nitrogens with two attached hydrogens (primary N) is 1. The highest BCUT2D eigenvalue weighted by Gasteiger charge is 2.13. The maximum absolute atomic E-state index is 5.64. The third-order valence-corrected chi connectivity index (χ3v) is 2.78. The Labute approximate surface area is 97.6 Å². The third-order valence-electron chi connectivity index (χ3n) is 2.78. The van der Waals surface area contributed by atoms with E-state index in [1.807, 2.05) is 24.4 Å². The molecule has 0 aliphatic heterocycles. The molecule has 17 heavy (non-hydrogen) atoms. The number of methoxy groups -OCH3 is 1. The summed E-state index contributed by atoms with van der Waals surface area (Å²) in [5.41, 5.74) is 8.51. The number of aromatic nitrogens is 3. The van der Waals surface area contributed by atoms with Crippen molar-refractivity contribution >= 4 is 16.7 Å². The quantitative estimate of drug-likeness (QED) is 0.628. The molecule has 0 spiro atoms. The van der Waals surface area contributed by atoms with Crippen LogP contribution in [0.5, 0.6) is 5.75 Å². The molecule has 3 rings (SSSR count). The topological polar surface area (TPSA) is 79.7 Å². The molecule has 0 aliphatic rings. The second-order valence-electron chi connectivity index (χ2n) is 3.79.